The molecule has 0 bridgehead atoms. The molecule has 3 fully saturated rings. The fraction of sp³-hybridized carbons (Fsp3) is 0.789. The monoisotopic (exact) mass is 407 g/mol. The molecule has 0 saturated carbocycles. The molecule has 3 aliphatic heterocycles. The Morgan fingerprint density at radius 2 is 2.07 bits per heavy atom. The largest absolute Gasteiger partial charge is 0.461 e. The lowest BCUT2D eigenvalue weighted by molar-refractivity contribution is -0.152. The number of hydrogen-bond donors (Lipinski definition) is 1. The van der Waals surface area contributed by atoms with Crippen molar-refractivity contribution in [3.05, 3.63) is 12.2 Å². The van der Waals surface area contributed by atoms with Crippen LogP contribution < -0.4 is 0 Å². The number of carbonyl (C=O) groups is 2. The van der Waals surface area contributed by atoms with E-state index in [4.69, 9.17) is 4.74 Å². The predicted octanol–water partition coefficient (Wildman–Crippen LogP) is 1.27. The molecule has 1 aromatic heterocycles. The van der Waals surface area contributed by atoms with Crippen LogP contribution in [0.4, 0.5) is 0 Å². The first-order valence-electron chi connectivity index (χ1n) is 10.1. The maximum absolute atomic E-state index is 12.6. The van der Waals surface area contributed by atoms with Crippen LogP contribution in [0.1, 0.15) is 43.8 Å². The van der Waals surface area contributed by atoms with Gasteiger partial charge in [-0.3, -0.25) is 19.6 Å². The van der Waals surface area contributed by atoms with Crippen molar-refractivity contribution >= 4 is 23.6 Å². The van der Waals surface area contributed by atoms with Gasteiger partial charge < -0.3 is 9.64 Å². The molecule has 1 atom stereocenters. The van der Waals surface area contributed by atoms with Gasteiger partial charge in [-0.2, -0.15) is 16.9 Å². The van der Waals surface area contributed by atoms with Crippen LogP contribution in [0.2, 0.25) is 0 Å². The third-order valence-corrected chi connectivity index (χ3v) is 7.07. The van der Waals surface area contributed by atoms with Gasteiger partial charge in [-0.05, 0) is 45.0 Å². The van der Waals surface area contributed by atoms with Crippen molar-refractivity contribution in [3.8, 4) is 0 Å². The predicted molar refractivity (Wildman–Crippen MR) is 106 cm³/mol. The molecule has 4 heterocycles. The van der Waals surface area contributed by atoms with E-state index in [1.54, 1.807) is 18.1 Å². The highest BCUT2D eigenvalue weighted by Crippen LogP contribution is 2.43. The molecule has 9 heteroatoms. The standard InChI is InChI=1S/C19H29N5O3S/c1-28-12-16(25)24-8-4-19(5-9-24)10-15(27-18(19)26)11-23-6-2-14(3-7-23)17-20-13-21-22-17/h13-15H,2-12H2,1H3,(H,20,21,22). The molecular weight excluding hydrogens is 378 g/mol. The smallest absolute Gasteiger partial charge is 0.312 e. The Morgan fingerprint density at radius 1 is 1.32 bits per heavy atom. The minimum atomic E-state index is -0.376. The number of nitrogens with zero attached hydrogens (tertiary/aromatic N) is 4. The number of likely N-dealkylation sites (tertiary alicyclic amines) is 2. The van der Waals surface area contributed by atoms with Gasteiger partial charge >= 0.3 is 5.97 Å². The van der Waals surface area contributed by atoms with Gasteiger partial charge in [0.25, 0.3) is 0 Å². The summed E-state index contributed by atoms with van der Waals surface area (Å²) in [4.78, 5) is 33.3. The van der Waals surface area contributed by atoms with Crippen LogP contribution in [0.5, 0.6) is 0 Å². The van der Waals surface area contributed by atoms with E-state index in [2.05, 4.69) is 20.1 Å². The Bertz CT molecular complexity index is 682. The maximum Gasteiger partial charge on any atom is 0.312 e. The van der Waals surface area contributed by atoms with E-state index in [1.807, 2.05) is 11.2 Å². The molecule has 0 radical (unpaired) electrons. The molecule has 0 aliphatic carbocycles. The Balaban J connectivity index is 1.26. The summed E-state index contributed by atoms with van der Waals surface area (Å²) in [6, 6.07) is 0. The first kappa shape index (κ1) is 19.7. The van der Waals surface area contributed by atoms with Gasteiger partial charge in [-0.1, -0.05) is 0 Å². The van der Waals surface area contributed by atoms with E-state index in [0.29, 0.717) is 24.8 Å². The second kappa shape index (κ2) is 8.41. The molecule has 3 saturated heterocycles. The summed E-state index contributed by atoms with van der Waals surface area (Å²) in [5.74, 6) is 2.07. The average molecular weight is 408 g/mol. The number of hydrogen-bond acceptors (Lipinski definition) is 7. The lowest BCUT2D eigenvalue weighted by Gasteiger charge is -2.36. The lowest BCUT2D eigenvalue weighted by Crippen LogP contribution is -2.45. The number of ether oxygens (including phenoxy) is 1. The highest BCUT2D eigenvalue weighted by atomic mass is 32.2. The summed E-state index contributed by atoms with van der Waals surface area (Å²) < 4.78 is 5.78. The van der Waals surface area contributed by atoms with Gasteiger partial charge in [0.15, 0.2) is 0 Å². The molecule has 1 unspecified atom stereocenters. The zero-order valence-electron chi connectivity index (χ0n) is 16.4. The molecule has 1 spiro atoms. The van der Waals surface area contributed by atoms with Gasteiger partial charge in [0.05, 0.1) is 11.2 Å². The van der Waals surface area contributed by atoms with Crippen LogP contribution in [0.15, 0.2) is 6.33 Å². The van der Waals surface area contributed by atoms with Gasteiger partial charge in [0, 0.05) is 32.0 Å². The second-order valence-electron chi connectivity index (χ2n) is 8.27. The first-order valence-corrected chi connectivity index (χ1v) is 11.5. The van der Waals surface area contributed by atoms with Crippen LogP contribution in [-0.2, 0) is 14.3 Å². The maximum atomic E-state index is 12.6. The zero-order valence-corrected chi connectivity index (χ0v) is 17.2. The van der Waals surface area contributed by atoms with Crippen LogP contribution >= 0.6 is 11.8 Å². The van der Waals surface area contributed by atoms with E-state index in [0.717, 1.165) is 57.6 Å². The van der Waals surface area contributed by atoms with E-state index in [9.17, 15) is 9.59 Å². The number of H-pyrrole nitrogens is 1. The summed E-state index contributed by atoms with van der Waals surface area (Å²) in [6.07, 6.45) is 7.84. The third-order valence-electron chi connectivity index (χ3n) is 6.54. The quantitative estimate of drug-likeness (QED) is 0.735. The van der Waals surface area contributed by atoms with E-state index < -0.39 is 0 Å². The highest BCUT2D eigenvalue weighted by Gasteiger charge is 2.51. The highest BCUT2D eigenvalue weighted by molar-refractivity contribution is 7.99. The van der Waals surface area contributed by atoms with Crippen molar-refractivity contribution in [1.82, 2.24) is 25.0 Å². The molecular formula is C19H29N5O3S. The van der Waals surface area contributed by atoms with Gasteiger partial charge in [0.2, 0.25) is 5.91 Å². The zero-order chi connectivity index (χ0) is 19.6. The Morgan fingerprint density at radius 3 is 2.71 bits per heavy atom. The summed E-state index contributed by atoms with van der Waals surface area (Å²) in [5.41, 5.74) is -0.376. The van der Waals surface area contributed by atoms with E-state index in [-0.39, 0.29) is 23.4 Å². The van der Waals surface area contributed by atoms with Gasteiger partial charge in [0.1, 0.15) is 18.3 Å². The summed E-state index contributed by atoms with van der Waals surface area (Å²) in [7, 11) is 0. The Labute approximate surface area is 169 Å². The number of thioether (sulfide) groups is 1. The minimum Gasteiger partial charge on any atom is -0.461 e. The lowest BCUT2D eigenvalue weighted by atomic mass is 9.76. The number of carbonyl (C=O) groups excluding carboxylic acids is 2. The molecule has 4 rings (SSSR count). The van der Waals surface area contributed by atoms with Crippen molar-refractivity contribution in [2.75, 3.05) is 44.7 Å². The van der Waals surface area contributed by atoms with Crippen molar-refractivity contribution in [2.24, 2.45) is 5.41 Å². The summed E-state index contributed by atoms with van der Waals surface area (Å²) in [6.45, 7) is 4.13. The van der Waals surface area contributed by atoms with Gasteiger partial charge in [-0.25, -0.2) is 4.98 Å². The average Bonchev–Trinajstić information content (AvgIpc) is 3.33. The number of esters is 1. The number of aromatic nitrogens is 3. The van der Waals surface area contributed by atoms with E-state index >= 15 is 0 Å². The third kappa shape index (κ3) is 4.05. The topological polar surface area (TPSA) is 91.4 Å². The van der Waals surface area contributed by atoms with Gasteiger partial charge in [-0.15, -0.1) is 0 Å². The minimum absolute atomic E-state index is 0.0252. The fourth-order valence-electron chi connectivity index (χ4n) is 4.83. The van der Waals surface area contributed by atoms with Crippen molar-refractivity contribution in [2.45, 2.75) is 44.1 Å². The van der Waals surface area contributed by atoms with Crippen molar-refractivity contribution < 1.29 is 14.3 Å². The number of cyclic esters (lactones) is 1. The Kier molecular flexibility index (Phi) is 5.91. The summed E-state index contributed by atoms with van der Waals surface area (Å²) >= 11 is 1.55. The SMILES string of the molecule is CSCC(=O)N1CCC2(CC1)CC(CN1CCC(c3ncn[nH]3)CC1)OC2=O. The Hall–Kier alpha value is -1.61. The molecule has 8 nitrogen and oxygen atoms in total. The molecule has 154 valence electrons. The second-order valence-corrected chi connectivity index (χ2v) is 9.14. The molecule has 1 N–H and O–H groups in total. The fourth-order valence-corrected chi connectivity index (χ4v) is 5.26. The molecule has 1 amide bonds. The normalized spacial score (nSPS) is 26.0. The first-order chi connectivity index (χ1) is 13.6. The molecule has 3 aliphatic rings. The van der Waals surface area contributed by atoms with Crippen molar-refractivity contribution in [3.63, 3.8) is 0 Å². The van der Waals surface area contributed by atoms with Crippen LogP contribution in [0, 0.1) is 5.41 Å². The summed E-state index contributed by atoms with van der Waals surface area (Å²) in [5, 5.41) is 6.93. The number of aromatic amines is 1. The van der Waals surface area contributed by atoms with Crippen LogP contribution in [0.25, 0.3) is 0 Å². The molecule has 28 heavy (non-hydrogen) atoms. The van der Waals surface area contributed by atoms with E-state index in [1.165, 1.54) is 0 Å². The van der Waals surface area contributed by atoms with Crippen molar-refractivity contribution in [1.29, 1.82) is 0 Å². The number of nitrogens with one attached hydrogen (secondary N) is 1. The van der Waals surface area contributed by atoms with Crippen LogP contribution in [0.3, 0.4) is 0 Å². The molecule has 1 aromatic rings. The number of amides is 1. The molecule has 0 aromatic carbocycles. The number of piperidine rings is 2. The van der Waals surface area contributed by atoms with Crippen LogP contribution in [-0.4, -0.2) is 87.7 Å². The number of rotatable bonds is 5.